The second-order valence-corrected chi connectivity index (χ2v) is 5.59. The summed E-state index contributed by atoms with van der Waals surface area (Å²) >= 11 is 7.05. The summed E-state index contributed by atoms with van der Waals surface area (Å²) in [5.74, 6) is -1.04. The highest BCUT2D eigenvalue weighted by atomic mass is 35.5. The van der Waals surface area contributed by atoms with E-state index in [0.29, 0.717) is 16.5 Å². The molecule has 2 aromatic rings. The van der Waals surface area contributed by atoms with Crippen LogP contribution in [0.5, 0.6) is 5.75 Å². The second-order valence-electron chi connectivity index (χ2n) is 4.27. The van der Waals surface area contributed by atoms with Crippen LogP contribution < -0.4 is 10.1 Å². The Balaban J connectivity index is 1.91. The minimum Gasteiger partial charge on any atom is -0.483 e. The van der Waals surface area contributed by atoms with Crippen LogP contribution >= 0.6 is 22.9 Å². The largest absolute Gasteiger partial charge is 0.483 e. The average molecular weight is 326 g/mol. The number of nitrogens with one attached hydrogen (secondary N) is 1. The summed E-state index contributed by atoms with van der Waals surface area (Å²) in [6.45, 7) is 1.68. The second kappa shape index (κ2) is 6.60. The lowest BCUT2D eigenvalue weighted by atomic mass is 10.2. The number of halogens is 1. The predicted octanol–water partition coefficient (Wildman–Crippen LogP) is 3.43. The van der Waals surface area contributed by atoms with Crippen LogP contribution in [0.2, 0.25) is 5.02 Å². The lowest BCUT2D eigenvalue weighted by molar-refractivity contribution is -0.118. The summed E-state index contributed by atoms with van der Waals surface area (Å²) in [5.41, 5.74) is 1.50. The van der Waals surface area contributed by atoms with Crippen molar-refractivity contribution in [2.75, 3.05) is 11.9 Å². The van der Waals surface area contributed by atoms with Crippen LogP contribution in [0, 0.1) is 6.92 Å². The van der Waals surface area contributed by atoms with E-state index in [2.05, 4.69) is 5.32 Å². The summed E-state index contributed by atoms with van der Waals surface area (Å²) < 4.78 is 5.23. The van der Waals surface area contributed by atoms with Crippen LogP contribution in [-0.4, -0.2) is 23.6 Å². The maximum Gasteiger partial charge on any atom is 0.346 e. The van der Waals surface area contributed by atoms with Gasteiger partial charge in [-0.3, -0.25) is 4.79 Å². The number of benzene rings is 1. The summed E-state index contributed by atoms with van der Waals surface area (Å²) in [7, 11) is 0. The number of amides is 1. The first-order chi connectivity index (χ1) is 9.95. The van der Waals surface area contributed by atoms with Gasteiger partial charge in [-0.25, -0.2) is 4.79 Å². The summed E-state index contributed by atoms with van der Waals surface area (Å²) in [6.07, 6.45) is 0. The zero-order valence-electron chi connectivity index (χ0n) is 11.1. The number of carboxylic acid groups (broad SMARTS) is 1. The summed E-state index contributed by atoms with van der Waals surface area (Å²) in [4.78, 5) is 22.6. The number of aryl methyl sites for hydroxylation is 1. The third kappa shape index (κ3) is 4.21. The number of carboxylic acids is 1. The first kappa shape index (κ1) is 15.3. The number of carbonyl (C=O) groups excluding carboxylic acids is 1. The topological polar surface area (TPSA) is 75.6 Å². The van der Waals surface area contributed by atoms with E-state index in [1.807, 2.05) is 13.0 Å². The highest BCUT2D eigenvalue weighted by Gasteiger charge is 2.10. The number of ether oxygens (including phenoxy) is 1. The van der Waals surface area contributed by atoms with Crippen molar-refractivity contribution in [2.24, 2.45) is 0 Å². The van der Waals surface area contributed by atoms with E-state index in [1.165, 1.54) is 11.4 Å². The number of hydrogen-bond donors (Lipinski definition) is 2. The Kier molecular flexibility index (Phi) is 4.82. The molecule has 0 fully saturated rings. The van der Waals surface area contributed by atoms with E-state index in [-0.39, 0.29) is 17.4 Å². The molecule has 7 heteroatoms. The molecule has 0 bridgehead atoms. The SMILES string of the molecule is Cc1ccc(NC(=O)COc2csc(C(=O)O)c2)c(Cl)c1. The maximum atomic E-state index is 11.8. The molecule has 21 heavy (non-hydrogen) atoms. The fourth-order valence-corrected chi connectivity index (χ4v) is 2.51. The number of rotatable bonds is 5. The van der Waals surface area contributed by atoms with Crippen LogP contribution in [-0.2, 0) is 4.79 Å². The Bertz CT molecular complexity index is 683. The van der Waals surface area contributed by atoms with Crippen LogP contribution in [0.1, 0.15) is 15.2 Å². The average Bonchev–Trinajstić information content (AvgIpc) is 2.89. The molecule has 1 amide bonds. The molecule has 5 nitrogen and oxygen atoms in total. The Morgan fingerprint density at radius 2 is 2.14 bits per heavy atom. The molecule has 1 heterocycles. The van der Waals surface area contributed by atoms with Crippen molar-refractivity contribution in [3.05, 3.63) is 45.1 Å². The quantitative estimate of drug-likeness (QED) is 0.883. The van der Waals surface area contributed by atoms with Crippen molar-refractivity contribution in [1.82, 2.24) is 0 Å². The van der Waals surface area contributed by atoms with E-state index in [1.54, 1.807) is 12.1 Å². The van der Waals surface area contributed by atoms with Crippen molar-refractivity contribution < 1.29 is 19.4 Å². The van der Waals surface area contributed by atoms with Gasteiger partial charge >= 0.3 is 5.97 Å². The molecule has 0 radical (unpaired) electrons. The molecule has 0 unspecified atom stereocenters. The normalized spacial score (nSPS) is 10.2. The number of anilines is 1. The molecule has 0 saturated heterocycles. The molecular formula is C14H12ClNO4S. The Morgan fingerprint density at radius 1 is 1.38 bits per heavy atom. The van der Waals surface area contributed by atoms with E-state index < -0.39 is 5.97 Å². The van der Waals surface area contributed by atoms with Crippen molar-refractivity contribution in [3.8, 4) is 5.75 Å². The van der Waals surface area contributed by atoms with Crippen LogP contribution in [0.3, 0.4) is 0 Å². The van der Waals surface area contributed by atoms with Gasteiger partial charge in [0.25, 0.3) is 5.91 Å². The molecule has 2 rings (SSSR count). The monoisotopic (exact) mass is 325 g/mol. The smallest absolute Gasteiger partial charge is 0.346 e. The van der Waals surface area contributed by atoms with Crippen molar-refractivity contribution >= 4 is 40.5 Å². The van der Waals surface area contributed by atoms with Gasteiger partial charge in [-0.1, -0.05) is 17.7 Å². The van der Waals surface area contributed by atoms with E-state index in [0.717, 1.165) is 16.9 Å². The molecule has 1 aromatic heterocycles. The molecule has 0 aliphatic heterocycles. The number of thiophene rings is 1. The molecule has 0 atom stereocenters. The zero-order valence-corrected chi connectivity index (χ0v) is 12.6. The predicted molar refractivity (Wildman–Crippen MR) is 81.6 cm³/mol. The lowest BCUT2D eigenvalue weighted by Gasteiger charge is -2.08. The zero-order chi connectivity index (χ0) is 15.4. The van der Waals surface area contributed by atoms with Crippen molar-refractivity contribution in [3.63, 3.8) is 0 Å². The first-order valence-electron chi connectivity index (χ1n) is 5.96. The molecule has 0 spiro atoms. The van der Waals surface area contributed by atoms with Crippen LogP contribution in [0.25, 0.3) is 0 Å². The van der Waals surface area contributed by atoms with Gasteiger partial charge in [0.15, 0.2) is 6.61 Å². The third-order valence-corrected chi connectivity index (χ3v) is 3.76. The molecular weight excluding hydrogens is 314 g/mol. The minimum absolute atomic E-state index is 0.159. The van der Waals surface area contributed by atoms with E-state index in [9.17, 15) is 9.59 Å². The van der Waals surface area contributed by atoms with Gasteiger partial charge < -0.3 is 15.2 Å². The summed E-state index contributed by atoms with van der Waals surface area (Å²) in [6, 6.07) is 6.66. The van der Waals surface area contributed by atoms with Gasteiger partial charge in [0.05, 0.1) is 10.7 Å². The Morgan fingerprint density at radius 3 is 2.76 bits per heavy atom. The maximum absolute atomic E-state index is 11.8. The molecule has 110 valence electrons. The highest BCUT2D eigenvalue weighted by Crippen LogP contribution is 2.23. The van der Waals surface area contributed by atoms with E-state index in [4.69, 9.17) is 21.4 Å². The van der Waals surface area contributed by atoms with Crippen LogP contribution in [0.15, 0.2) is 29.6 Å². The number of hydrogen-bond acceptors (Lipinski definition) is 4. The fourth-order valence-electron chi connectivity index (χ4n) is 1.56. The van der Waals surface area contributed by atoms with E-state index >= 15 is 0 Å². The fraction of sp³-hybridized carbons (Fsp3) is 0.143. The Hall–Kier alpha value is -2.05. The minimum atomic E-state index is -1.02. The molecule has 2 N–H and O–H groups in total. The van der Waals surface area contributed by atoms with Gasteiger partial charge in [-0.05, 0) is 24.6 Å². The number of aromatic carboxylic acids is 1. The van der Waals surface area contributed by atoms with Gasteiger partial charge in [0.1, 0.15) is 10.6 Å². The Labute approximate surface area is 130 Å². The summed E-state index contributed by atoms with van der Waals surface area (Å²) in [5, 5.41) is 13.4. The van der Waals surface area contributed by atoms with Crippen LogP contribution in [0.4, 0.5) is 5.69 Å². The highest BCUT2D eigenvalue weighted by molar-refractivity contribution is 7.12. The lowest BCUT2D eigenvalue weighted by Crippen LogP contribution is -2.20. The van der Waals surface area contributed by atoms with Gasteiger partial charge in [-0.2, -0.15) is 0 Å². The first-order valence-corrected chi connectivity index (χ1v) is 7.22. The van der Waals surface area contributed by atoms with Gasteiger partial charge in [0, 0.05) is 11.4 Å². The van der Waals surface area contributed by atoms with Crippen molar-refractivity contribution in [2.45, 2.75) is 6.92 Å². The molecule has 1 aromatic carbocycles. The van der Waals surface area contributed by atoms with Crippen molar-refractivity contribution in [1.29, 1.82) is 0 Å². The molecule has 0 aliphatic carbocycles. The van der Waals surface area contributed by atoms with Gasteiger partial charge in [0.2, 0.25) is 0 Å². The van der Waals surface area contributed by atoms with Gasteiger partial charge in [-0.15, -0.1) is 11.3 Å². The molecule has 0 saturated carbocycles. The molecule has 0 aliphatic rings. The third-order valence-electron chi connectivity index (χ3n) is 2.55. The number of carbonyl (C=O) groups is 2. The standard InChI is InChI=1S/C14H12ClNO4S/c1-8-2-3-11(10(15)4-8)16-13(17)6-20-9-5-12(14(18)19)21-7-9/h2-5,7H,6H2,1H3,(H,16,17)(H,18,19).